The average Bonchev–Trinajstić information content (AvgIpc) is 2.28. The lowest BCUT2D eigenvalue weighted by molar-refractivity contribution is -0.116. The first kappa shape index (κ1) is 16.5. The Balaban J connectivity index is 2.81. The van der Waals surface area contributed by atoms with Gasteiger partial charge in [0.25, 0.3) is 0 Å². The van der Waals surface area contributed by atoms with Gasteiger partial charge in [0.15, 0.2) is 0 Å². The van der Waals surface area contributed by atoms with Crippen LogP contribution >= 0.6 is 0 Å². The number of amides is 1. The third-order valence-corrected chi connectivity index (χ3v) is 3.91. The molecule has 0 spiro atoms. The summed E-state index contributed by atoms with van der Waals surface area (Å²) in [6.45, 7) is 2.80. The van der Waals surface area contributed by atoms with E-state index >= 15 is 0 Å². The van der Waals surface area contributed by atoms with Crippen LogP contribution in [-0.4, -0.2) is 37.5 Å². The van der Waals surface area contributed by atoms with E-state index in [2.05, 4.69) is 5.32 Å². The van der Waals surface area contributed by atoms with Crippen molar-refractivity contribution in [3.8, 4) is 0 Å². The van der Waals surface area contributed by atoms with Crippen molar-refractivity contribution in [2.45, 2.75) is 19.9 Å². The fraction of sp³-hybridized carbons (Fsp3) is 0.417. The Bertz CT molecular complexity index is 603. The van der Waals surface area contributed by atoms with Crippen LogP contribution in [-0.2, 0) is 14.8 Å². The number of carbonyl (C=O) groups excluding carboxylic acids is 1. The van der Waals surface area contributed by atoms with Crippen molar-refractivity contribution >= 4 is 21.6 Å². The Labute approximate surface area is 116 Å². The molecule has 0 aromatic heterocycles. The topological polar surface area (TPSA) is 66.5 Å². The van der Waals surface area contributed by atoms with Crippen molar-refractivity contribution in [2.24, 2.45) is 0 Å². The molecule has 20 heavy (non-hydrogen) atoms. The highest BCUT2D eigenvalue weighted by Gasteiger charge is 2.23. The number of benzene rings is 1. The van der Waals surface area contributed by atoms with Crippen molar-refractivity contribution in [1.29, 1.82) is 0 Å². The zero-order valence-corrected chi connectivity index (χ0v) is 12.2. The molecule has 0 aliphatic rings. The zero-order valence-electron chi connectivity index (χ0n) is 11.4. The van der Waals surface area contributed by atoms with Gasteiger partial charge in [0.1, 0.15) is 11.6 Å². The molecule has 1 aromatic carbocycles. The Morgan fingerprint density at radius 3 is 2.40 bits per heavy atom. The summed E-state index contributed by atoms with van der Waals surface area (Å²) in [4.78, 5) is 11.7. The quantitative estimate of drug-likeness (QED) is 0.898. The van der Waals surface area contributed by atoms with E-state index in [1.54, 1.807) is 13.8 Å². The van der Waals surface area contributed by atoms with E-state index in [0.29, 0.717) is 6.07 Å². The molecule has 0 saturated heterocycles. The summed E-state index contributed by atoms with van der Waals surface area (Å²) in [6, 6.07) is 2.29. The SMILES string of the molecule is CC(C)N(CC(=O)Nc1ccc(F)cc1F)S(C)(=O)=O. The van der Waals surface area contributed by atoms with Gasteiger partial charge in [0.05, 0.1) is 18.5 Å². The number of halogens is 2. The fourth-order valence-corrected chi connectivity index (χ4v) is 2.72. The van der Waals surface area contributed by atoms with Crippen LogP contribution in [0.2, 0.25) is 0 Å². The van der Waals surface area contributed by atoms with Crippen molar-refractivity contribution in [2.75, 3.05) is 18.1 Å². The Morgan fingerprint density at radius 1 is 1.35 bits per heavy atom. The summed E-state index contributed by atoms with van der Waals surface area (Å²) in [5.41, 5.74) is -0.200. The summed E-state index contributed by atoms with van der Waals surface area (Å²) in [7, 11) is -3.55. The lowest BCUT2D eigenvalue weighted by Crippen LogP contribution is -2.41. The minimum Gasteiger partial charge on any atom is -0.322 e. The highest BCUT2D eigenvalue weighted by atomic mass is 32.2. The van der Waals surface area contributed by atoms with Crippen molar-refractivity contribution in [3.05, 3.63) is 29.8 Å². The molecule has 0 radical (unpaired) electrons. The number of nitrogens with one attached hydrogen (secondary N) is 1. The largest absolute Gasteiger partial charge is 0.322 e. The highest BCUT2D eigenvalue weighted by Crippen LogP contribution is 2.15. The molecule has 8 heteroatoms. The Hall–Kier alpha value is -1.54. The maximum atomic E-state index is 13.4. The number of anilines is 1. The van der Waals surface area contributed by atoms with Crippen LogP contribution in [0.1, 0.15) is 13.8 Å². The van der Waals surface area contributed by atoms with Crippen LogP contribution in [0.25, 0.3) is 0 Å². The lowest BCUT2D eigenvalue weighted by atomic mass is 10.3. The summed E-state index contributed by atoms with van der Waals surface area (Å²) < 4.78 is 50.0. The van der Waals surface area contributed by atoms with E-state index in [1.807, 2.05) is 0 Å². The van der Waals surface area contributed by atoms with E-state index in [0.717, 1.165) is 22.7 Å². The molecule has 0 aliphatic heterocycles. The van der Waals surface area contributed by atoms with Crippen LogP contribution in [0.15, 0.2) is 18.2 Å². The van der Waals surface area contributed by atoms with Crippen LogP contribution in [0, 0.1) is 11.6 Å². The first-order valence-corrected chi connectivity index (χ1v) is 7.68. The van der Waals surface area contributed by atoms with Gasteiger partial charge in [0.2, 0.25) is 15.9 Å². The number of rotatable bonds is 5. The molecular formula is C12H16F2N2O3S. The van der Waals surface area contributed by atoms with Gasteiger partial charge in [-0.3, -0.25) is 4.79 Å². The summed E-state index contributed by atoms with van der Waals surface area (Å²) in [5.74, 6) is -2.39. The number of carbonyl (C=O) groups is 1. The summed E-state index contributed by atoms with van der Waals surface area (Å²) in [6.07, 6.45) is 0.985. The van der Waals surface area contributed by atoms with Gasteiger partial charge >= 0.3 is 0 Å². The third-order valence-electron chi connectivity index (χ3n) is 2.51. The Kier molecular flexibility index (Phi) is 5.18. The number of hydrogen-bond acceptors (Lipinski definition) is 3. The van der Waals surface area contributed by atoms with Crippen LogP contribution in [0.4, 0.5) is 14.5 Å². The van der Waals surface area contributed by atoms with Gasteiger partial charge in [0, 0.05) is 12.1 Å². The number of sulfonamides is 1. The molecule has 0 atom stereocenters. The van der Waals surface area contributed by atoms with Crippen molar-refractivity contribution in [3.63, 3.8) is 0 Å². The Morgan fingerprint density at radius 2 is 1.95 bits per heavy atom. The molecule has 0 saturated carbocycles. The molecular weight excluding hydrogens is 290 g/mol. The van der Waals surface area contributed by atoms with Gasteiger partial charge in [-0.15, -0.1) is 0 Å². The second-order valence-corrected chi connectivity index (χ2v) is 6.51. The molecule has 5 nitrogen and oxygen atoms in total. The van der Waals surface area contributed by atoms with Gasteiger partial charge in [-0.25, -0.2) is 17.2 Å². The average molecular weight is 306 g/mol. The van der Waals surface area contributed by atoms with E-state index in [-0.39, 0.29) is 5.69 Å². The molecule has 0 fully saturated rings. The molecule has 1 N–H and O–H groups in total. The van der Waals surface area contributed by atoms with Gasteiger partial charge in [-0.2, -0.15) is 4.31 Å². The van der Waals surface area contributed by atoms with Crippen LogP contribution < -0.4 is 5.32 Å². The predicted octanol–water partition coefficient (Wildman–Crippen LogP) is 1.57. The van der Waals surface area contributed by atoms with E-state index in [9.17, 15) is 22.0 Å². The predicted molar refractivity (Wildman–Crippen MR) is 71.7 cm³/mol. The number of hydrogen-bond donors (Lipinski definition) is 1. The molecule has 0 unspecified atom stereocenters. The summed E-state index contributed by atoms with van der Waals surface area (Å²) in [5, 5.41) is 2.21. The zero-order chi connectivity index (χ0) is 15.5. The van der Waals surface area contributed by atoms with E-state index in [1.165, 1.54) is 0 Å². The van der Waals surface area contributed by atoms with E-state index in [4.69, 9.17) is 0 Å². The second-order valence-electron chi connectivity index (χ2n) is 4.57. The maximum Gasteiger partial charge on any atom is 0.239 e. The first-order valence-electron chi connectivity index (χ1n) is 5.83. The standard InChI is InChI=1S/C12H16F2N2O3S/c1-8(2)16(20(3,18)19)7-12(17)15-11-5-4-9(13)6-10(11)14/h4-6,8H,7H2,1-3H3,(H,15,17). The normalized spacial score (nSPS) is 11.9. The monoisotopic (exact) mass is 306 g/mol. The van der Waals surface area contributed by atoms with E-state index < -0.39 is 40.2 Å². The van der Waals surface area contributed by atoms with Crippen LogP contribution in [0.5, 0.6) is 0 Å². The number of nitrogens with zero attached hydrogens (tertiary/aromatic N) is 1. The molecule has 1 rings (SSSR count). The second kappa shape index (κ2) is 6.27. The highest BCUT2D eigenvalue weighted by molar-refractivity contribution is 7.88. The molecule has 1 aromatic rings. The smallest absolute Gasteiger partial charge is 0.239 e. The first-order chi connectivity index (χ1) is 9.11. The third kappa shape index (κ3) is 4.53. The van der Waals surface area contributed by atoms with Gasteiger partial charge < -0.3 is 5.32 Å². The van der Waals surface area contributed by atoms with Crippen molar-refractivity contribution in [1.82, 2.24) is 4.31 Å². The van der Waals surface area contributed by atoms with Gasteiger partial charge in [-0.1, -0.05) is 0 Å². The molecule has 0 aliphatic carbocycles. The van der Waals surface area contributed by atoms with Gasteiger partial charge in [-0.05, 0) is 26.0 Å². The molecule has 0 heterocycles. The molecule has 112 valence electrons. The fourth-order valence-electron chi connectivity index (χ4n) is 1.60. The molecule has 1 amide bonds. The maximum absolute atomic E-state index is 13.4. The van der Waals surface area contributed by atoms with Crippen molar-refractivity contribution < 1.29 is 22.0 Å². The minimum atomic E-state index is -3.55. The minimum absolute atomic E-state index is 0.200. The molecule has 0 bridgehead atoms. The lowest BCUT2D eigenvalue weighted by Gasteiger charge is -2.23. The summed E-state index contributed by atoms with van der Waals surface area (Å²) >= 11 is 0. The van der Waals surface area contributed by atoms with Crippen LogP contribution in [0.3, 0.4) is 0 Å².